The standard InChI is InChI=1S/C10H16F2N2O3S/c1-5(2)8-14(6(4-18-8)9(15)16)10(17)13-3-7(11)12/h5-8H,3-4H2,1-2H3,(H,13,17)(H,15,16). The summed E-state index contributed by atoms with van der Waals surface area (Å²) >= 11 is 1.35. The number of amides is 2. The van der Waals surface area contributed by atoms with Gasteiger partial charge in [-0.05, 0) is 5.92 Å². The highest BCUT2D eigenvalue weighted by Gasteiger charge is 2.42. The summed E-state index contributed by atoms with van der Waals surface area (Å²) in [7, 11) is 0. The number of carboxylic acid groups (broad SMARTS) is 1. The molecule has 0 aliphatic carbocycles. The SMILES string of the molecule is CC(C)C1SCC(C(=O)O)N1C(=O)NCC(F)F. The number of hydrogen-bond donors (Lipinski definition) is 2. The molecule has 104 valence electrons. The molecule has 0 aromatic heterocycles. The Morgan fingerprint density at radius 2 is 2.11 bits per heavy atom. The first-order valence-corrected chi connectivity index (χ1v) is 6.58. The second-order valence-electron chi connectivity index (χ2n) is 4.31. The number of carbonyl (C=O) groups excluding carboxylic acids is 1. The van der Waals surface area contributed by atoms with E-state index in [4.69, 9.17) is 5.11 Å². The number of aliphatic carboxylic acids is 1. The van der Waals surface area contributed by atoms with Crippen LogP contribution in [0, 0.1) is 5.92 Å². The fourth-order valence-corrected chi connectivity index (χ4v) is 3.22. The first kappa shape index (κ1) is 15.0. The van der Waals surface area contributed by atoms with E-state index in [1.54, 1.807) is 0 Å². The maximum absolute atomic E-state index is 12.0. The van der Waals surface area contributed by atoms with E-state index in [2.05, 4.69) is 5.32 Å². The summed E-state index contributed by atoms with van der Waals surface area (Å²) in [6.07, 6.45) is -2.65. The van der Waals surface area contributed by atoms with Crippen LogP contribution >= 0.6 is 11.8 Å². The van der Waals surface area contributed by atoms with Crippen LogP contribution in [0.1, 0.15) is 13.8 Å². The Bertz CT molecular complexity index is 328. The van der Waals surface area contributed by atoms with Crippen molar-refractivity contribution in [2.24, 2.45) is 5.92 Å². The summed E-state index contributed by atoms with van der Waals surface area (Å²) in [4.78, 5) is 24.0. The minimum absolute atomic E-state index is 0.0525. The van der Waals surface area contributed by atoms with Gasteiger partial charge < -0.3 is 10.4 Å². The van der Waals surface area contributed by atoms with Gasteiger partial charge in [-0.15, -0.1) is 11.8 Å². The molecule has 0 spiro atoms. The van der Waals surface area contributed by atoms with Gasteiger partial charge in [0, 0.05) is 5.75 Å². The van der Waals surface area contributed by atoms with E-state index in [0.717, 1.165) is 4.90 Å². The third-order valence-corrected chi connectivity index (χ3v) is 4.15. The Morgan fingerprint density at radius 1 is 1.50 bits per heavy atom. The molecular formula is C10H16F2N2O3S. The van der Waals surface area contributed by atoms with Crippen LogP contribution in [0.4, 0.5) is 13.6 Å². The molecule has 0 aromatic carbocycles. The van der Waals surface area contributed by atoms with Crippen molar-refractivity contribution >= 4 is 23.8 Å². The van der Waals surface area contributed by atoms with E-state index in [1.165, 1.54) is 11.8 Å². The van der Waals surface area contributed by atoms with Gasteiger partial charge in [-0.1, -0.05) is 13.8 Å². The lowest BCUT2D eigenvalue weighted by Crippen LogP contribution is -2.52. The smallest absolute Gasteiger partial charge is 0.327 e. The van der Waals surface area contributed by atoms with E-state index in [-0.39, 0.29) is 17.0 Å². The normalized spacial score (nSPS) is 23.8. The summed E-state index contributed by atoms with van der Waals surface area (Å²) in [6, 6.07) is -1.70. The van der Waals surface area contributed by atoms with Crippen molar-refractivity contribution in [3.05, 3.63) is 0 Å². The topological polar surface area (TPSA) is 69.6 Å². The van der Waals surface area contributed by atoms with Crippen molar-refractivity contribution < 1.29 is 23.5 Å². The van der Waals surface area contributed by atoms with E-state index in [1.807, 2.05) is 13.8 Å². The van der Waals surface area contributed by atoms with Crippen molar-refractivity contribution in [2.75, 3.05) is 12.3 Å². The van der Waals surface area contributed by atoms with Crippen molar-refractivity contribution in [1.82, 2.24) is 10.2 Å². The molecule has 1 fully saturated rings. The summed E-state index contributed by atoms with van der Waals surface area (Å²) in [5.74, 6) is -0.783. The average molecular weight is 282 g/mol. The number of urea groups is 1. The minimum atomic E-state index is -2.65. The molecule has 2 N–H and O–H groups in total. The number of rotatable bonds is 4. The quantitative estimate of drug-likeness (QED) is 0.818. The average Bonchev–Trinajstić information content (AvgIpc) is 2.70. The Hall–Kier alpha value is -1.05. The zero-order chi connectivity index (χ0) is 13.9. The lowest BCUT2D eigenvalue weighted by molar-refractivity contribution is -0.141. The fraction of sp³-hybridized carbons (Fsp3) is 0.800. The number of carboxylic acids is 1. The van der Waals surface area contributed by atoms with Gasteiger partial charge in [0.2, 0.25) is 0 Å². The number of thioether (sulfide) groups is 1. The van der Waals surface area contributed by atoms with Crippen LogP contribution in [0.25, 0.3) is 0 Å². The second kappa shape index (κ2) is 6.21. The van der Waals surface area contributed by atoms with E-state index in [9.17, 15) is 18.4 Å². The largest absolute Gasteiger partial charge is 0.480 e. The molecule has 2 unspecified atom stereocenters. The number of nitrogens with one attached hydrogen (secondary N) is 1. The number of alkyl halides is 2. The van der Waals surface area contributed by atoms with Gasteiger partial charge in [0.1, 0.15) is 6.04 Å². The summed E-state index contributed by atoms with van der Waals surface area (Å²) in [6.45, 7) is 2.95. The highest BCUT2D eigenvalue weighted by Crippen LogP contribution is 2.33. The molecule has 0 radical (unpaired) electrons. The highest BCUT2D eigenvalue weighted by atomic mass is 32.2. The molecule has 1 aliphatic heterocycles. The molecule has 1 heterocycles. The van der Waals surface area contributed by atoms with Crippen LogP contribution in [0.3, 0.4) is 0 Å². The van der Waals surface area contributed by atoms with Crippen LogP contribution in [0.5, 0.6) is 0 Å². The lowest BCUT2D eigenvalue weighted by atomic mass is 10.2. The molecule has 1 rings (SSSR count). The van der Waals surface area contributed by atoms with Gasteiger partial charge >= 0.3 is 12.0 Å². The van der Waals surface area contributed by atoms with Gasteiger partial charge in [-0.2, -0.15) is 0 Å². The molecule has 8 heteroatoms. The maximum Gasteiger partial charge on any atom is 0.327 e. The Balaban J connectivity index is 2.76. The van der Waals surface area contributed by atoms with E-state index in [0.29, 0.717) is 0 Å². The van der Waals surface area contributed by atoms with Gasteiger partial charge in [-0.3, -0.25) is 4.90 Å². The van der Waals surface area contributed by atoms with Gasteiger partial charge in [0.15, 0.2) is 0 Å². The number of carbonyl (C=O) groups is 2. The molecule has 2 atom stereocenters. The summed E-state index contributed by atoms with van der Waals surface area (Å²) < 4.78 is 24.1. The van der Waals surface area contributed by atoms with Crippen molar-refractivity contribution in [3.63, 3.8) is 0 Å². The first-order valence-electron chi connectivity index (χ1n) is 5.53. The van der Waals surface area contributed by atoms with Crippen molar-refractivity contribution in [1.29, 1.82) is 0 Å². The molecule has 5 nitrogen and oxygen atoms in total. The van der Waals surface area contributed by atoms with Crippen LogP contribution in [0.15, 0.2) is 0 Å². The van der Waals surface area contributed by atoms with E-state index < -0.39 is 31.0 Å². The predicted molar refractivity (Wildman–Crippen MR) is 63.7 cm³/mol. The maximum atomic E-state index is 12.0. The molecule has 1 saturated heterocycles. The first-order chi connectivity index (χ1) is 8.34. The van der Waals surface area contributed by atoms with Gasteiger partial charge in [-0.25, -0.2) is 18.4 Å². The molecule has 18 heavy (non-hydrogen) atoms. The fourth-order valence-electron chi connectivity index (χ4n) is 1.74. The Labute approximate surface area is 108 Å². The Kier molecular flexibility index (Phi) is 5.18. The zero-order valence-corrected chi connectivity index (χ0v) is 10.9. The van der Waals surface area contributed by atoms with Crippen molar-refractivity contribution in [3.8, 4) is 0 Å². The highest BCUT2D eigenvalue weighted by molar-refractivity contribution is 8.00. The lowest BCUT2D eigenvalue weighted by Gasteiger charge is -2.29. The summed E-state index contributed by atoms with van der Waals surface area (Å²) in [5.41, 5.74) is 0. The second-order valence-corrected chi connectivity index (χ2v) is 5.46. The minimum Gasteiger partial charge on any atom is -0.480 e. The number of nitrogens with zero attached hydrogens (tertiary/aromatic N) is 1. The van der Waals surface area contributed by atoms with Crippen LogP contribution in [-0.2, 0) is 4.79 Å². The monoisotopic (exact) mass is 282 g/mol. The molecule has 0 aromatic rings. The van der Waals surface area contributed by atoms with E-state index >= 15 is 0 Å². The van der Waals surface area contributed by atoms with Crippen LogP contribution in [-0.4, -0.2) is 52.1 Å². The Morgan fingerprint density at radius 3 is 2.56 bits per heavy atom. The van der Waals surface area contributed by atoms with Gasteiger partial charge in [0.25, 0.3) is 6.43 Å². The molecule has 1 aliphatic rings. The van der Waals surface area contributed by atoms with Crippen LogP contribution in [0.2, 0.25) is 0 Å². The van der Waals surface area contributed by atoms with Crippen molar-refractivity contribution in [2.45, 2.75) is 31.7 Å². The number of halogens is 2. The predicted octanol–water partition coefficient (Wildman–Crippen LogP) is 1.45. The van der Waals surface area contributed by atoms with Crippen LogP contribution < -0.4 is 5.32 Å². The molecule has 0 saturated carbocycles. The third kappa shape index (κ3) is 3.47. The summed E-state index contributed by atoms with van der Waals surface area (Å²) in [5, 5.41) is 10.8. The van der Waals surface area contributed by atoms with Gasteiger partial charge in [0.05, 0.1) is 11.9 Å². The molecule has 2 amide bonds. The number of hydrogen-bond acceptors (Lipinski definition) is 3. The molecule has 0 bridgehead atoms. The third-order valence-electron chi connectivity index (χ3n) is 2.53. The molecular weight excluding hydrogens is 266 g/mol. The zero-order valence-electron chi connectivity index (χ0n) is 10.1.